The van der Waals surface area contributed by atoms with Gasteiger partial charge in [-0.05, 0) is 30.3 Å². The second-order valence-corrected chi connectivity index (χ2v) is 7.03. The minimum atomic E-state index is -0.440. The molecule has 6 nitrogen and oxygen atoms in total. The van der Waals surface area contributed by atoms with Crippen LogP contribution in [0.5, 0.6) is 5.75 Å². The summed E-state index contributed by atoms with van der Waals surface area (Å²) in [6.45, 7) is 0. The molecule has 0 unspecified atom stereocenters. The molecule has 0 N–H and O–H groups in total. The first-order valence-corrected chi connectivity index (χ1v) is 8.46. The maximum Gasteiger partial charge on any atom is 0.284 e. The van der Waals surface area contributed by atoms with Crippen LogP contribution in [0.1, 0.15) is 10.4 Å². The van der Waals surface area contributed by atoms with Gasteiger partial charge in [0, 0.05) is 29.5 Å². The fraction of sp³-hybridized carbons (Fsp3) is 0.188. The molecular formula is C16H15BrN2O4S. The summed E-state index contributed by atoms with van der Waals surface area (Å²) in [7, 11) is 4.82. The van der Waals surface area contributed by atoms with Crippen molar-refractivity contribution < 1.29 is 14.5 Å². The highest BCUT2D eigenvalue weighted by Gasteiger charge is 2.20. The van der Waals surface area contributed by atoms with Crippen LogP contribution in [-0.4, -0.2) is 36.9 Å². The van der Waals surface area contributed by atoms with Gasteiger partial charge in [-0.15, -0.1) is 0 Å². The highest BCUT2D eigenvalue weighted by atomic mass is 79.9. The van der Waals surface area contributed by atoms with Gasteiger partial charge in [0.15, 0.2) is 0 Å². The van der Waals surface area contributed by atoms with Crippen molar-refractivity contribution in [3.8, 4) is 5.75 Å². The van der Waals surface area contributed by atoms with E-state index in [-0.39, 0.29) is 11.6 Å². The van der Waals surface area contributed by atoms with Gasteiger partial charge in [-0.1, -0.05) is 27.7 Å². The Hall–Kier alpha value is -2.06. The van der Waals surface area contributed by atoms with Crippen LogP contribution < -0.4 is 4.74 Å². The monoisotopic (exact) mass is 410 g/mol. The van der Waals surface area contributed by atoms with Crippen LogP contribution in [0, 0.1) is 10.1 Å². The molecule has 0 heterocycles. The Labute approximate surface area is 152 Å². The van der Waals surface area contributed by atoms with E-state index in [1.54, 1.807) is 44.4 Å². The number of methoxy groups -OCH3 is 1. The summed E-state index contributed by atoms with van der Waals surface area (Å²) in [5, 5.41) is 11.3. The average Bonchev–Trinajstić information content (AvgIpc) is 2.55. The lowest BCUT2D eigenvalue weighted by Gasteiger charge is -2.15. The molecule has 0 aromatic heterocycles. The number of benzene rings is 2. The third kappa shape index (κ3) is 4.07. The minimum absolute atomic E-state index is 0.0200. The van der Waals surface area contributed by atoms with E-state index in [0.29, 0.717) is 25.6 Å². The lowest BCUT2D eigenvalue weighted by atomic mass is 10.2. The summed E-state index contributed by atoms with van der Waals surface area (Å²) in [6, 6.07) is 9.91. The summed E-state index contributed by atoms with van der Waals surface area (Å²) in [5.74, 6) is 0.353. The van der Waals surface area contributed by atoms with Gasteiger partial charge < -0.3 is 9.64 Å². The van der Waals surface area contributed by atoms with Crippen LogP contribution in [0.25, 0.3) is 0 Å². The number of ether oxygens (including phenoxy) is 1. The summed E-state index contributed by atoms with van der Waals surface area (Å²) in [6.07, 6.45) is 0. The molecule has 0 fully saturated rings. The van der Waals surface area contributed by atoms with E-state index in [0.717, 1.165) is 0 Å². The SMILES string of the molecule is COc1ccc(Sc2ccc(Br)cc2[N+](=O)[O-])c(C(=O)N(C)C)c1. The Morgan fingerprint density at radius 2 is 1.88 bits per heavy atom. The fourth-order valence-corrected chi connectivity index (χ4v) is 3.32. The highest BCUT2D eigenvalue weighted by molar-refractivity contribution is 9.10. The van der Waals surface area contributed by atoms with Gasteiger partial charge in [0.2, 0.25) is 0 Å². The molecular weight excluding hydrogens is 396 g/mol. The Morgan fingerprint density at radius 3 is 2.46 bits per heavy atom. The number of amides is 1. The minimum Gasteiger partial charge on any atom is -0.497 e. The normalized spacial score (nSPS) is 10.3. The third-order valence-electron chi connectivity index (χ3n) is 3.16. The molecule has 0 bridgehead atoms. The van der Waals surface area contributed by atoms with Gasteiger partial charge in [0.05, 0.1) is 22.5 Å². The lowest BCUT2D eigenvalue weighted by molar-refractivity contribution is -0.387. The molecule has 1 amide bonds. The maximum atomic E-state index is 12.4. The zero-order valence-electron chi connectivity index (χ0n) is 13.3. The van der Waals surface area contributed by atoms with E-state index in [1.165, 1.54) is 29.8 Å². The van der Waals surface area contributed by atoms with Crippen LogP contribution in [0.3, 0.4) is 0 Å². The first-order valence-electron chi connectivity index (χ1n) is 6.85. The zero-order chi connectivity index (χ0) is 17.9. The lowest BCUT2D eigenvalue weighted by Crippen LogP contribution is -2.22. The van der Waals surface area contributed by atoms with Crippen molar-refractivity contribution in [2.24, 2.45) is 0 Å². The smallest absolute Gasteiger partial charge is 0.284 e. The first-order chi connectivity index (χ1) is 11.3. The standard InChI is InChI=1S/C16H15BrN2O4S/c1-18(2)16(20)12-9-11(23-3)5-7-14(12)24-15-6-4-10(17)8-13(15)19(21)22/h4-9H,1-3H3. The van der Waals surface area contributed by atoms with E-state index in [9.17, 15) is 14.9 Å². The predicted octanol–water partition coefficient (Wildman–Crippen LogP) is 4.22. The summed E-state index contributed by atoms with van der Waals surface area (Å²) >= 11 is 4.41. The largest absolute Gasteiger partial charge is 0.497 e. The Bertz CT molecular complexity index is 796. The Kier molecular flexibility index (Phi) is 5.84. The molecule has 8 heteroatoms. The molecule has 0 radical (unpaired) electrons. The van der Waals surface area contributed by atoms with Crippen molar-refractivity contribution in [1.29, 1.82) is 0 Å². The number of carbonyl (C=O) groups excluding carboxylic acids is 1. The quantitative estimate of drug-likeness (QED) is 0.544. The molecule has 2 aromatic carbocycles. The number of nitrogens with zero attached hydrogens (tertiary/aromatic N) is 2. The molecule has 0 saturated carbocycles. The van der Waals surface area contributed by atoms with Crippen LogP contribution in [0.2, 0.25) is 0 Å². The van der Waals surface area contributed by atoms with E-state index in [2.05, 4.69) is 15.9 Å². The van der Waals surface area contributed by atoms with Crippen molar-refractivity contribution in [3.05, 3.63) is 56.5 Å². The molecule has 0 spiro atoms. The van der Waals surface area contributed by atoms with Gasteiger partial charge in [0.1, 0.15) is 5.75 Å². The zero-order valence-corrected chi connectivity index (χ0v) is 15.7. The second kappa shape index (κ2) is 7.67. The topological polar surface area (TPSA) is 72.7 Å². The Morgan fingerprint density at radius 1 is 1.21 bits per heavy atom. The third-order valence-corrected chi connectivity index (χ3v) is 4.80. The molecule has 0 saturated heterocycles. The van der Waals surface area contributed by atoms with E-state index >= 15 is 0 Å². The molecule has 2 aromatic rings. The van der Waals surface area contributed by atoms with Gasteiger partial charge >= 0.3 is 0 Å². The number of nitro groups is 1. The fourth-order valence-electron chi connectivity index (χ4n) is 1.97. The number of halogens is 1. The molecule has 0 aliphatic rings. The molecule has 0 atom stereocenters. The predicted molar refractivity (Wildman–Crippen MR) is 95.9 cm³/mol. The van der Waals surface area contributed by atoms with Gasteiger partial charge in [-0.25, -0.2) is 0 Å². The van der Waals surface area contributed by atoms with Crippen molar-refractivity contribution in [2.75, 3.05) is 21.2 Å². The average molecular weight is 411 g/mol. The number of nitro benzene ring substituents is 1. The van der Waals surface area contributed by atoms with Crippen LogP contribution in [-0.2, 0) is 0 Å². The van der Waals surface area contributed by atoms with E-state index < -0.39 is 4.92 Å². The van der Waals surface area contributed by atoms with Gasteiger partial charge in [-0.3, -0.25) is 14.9 Å². The molecule has 24 heavy (non-hydrogen) atoms. The van der Waals surface area contributed by atoms with Crippen LogP contribution >= 0.6 is 27.7 Å². The van der Waals surface area contributed by atoms with E-state index in [4.69, 9.17) is 4.74 Å². The van der Waals surface area contributed by atoms with Crippen molar-refractivity contribution in [3.63, 3.8) is 0 Å². The maximum absolute atomic E-state index is 12.4. The van der Waals surface area contributed by atoms with Gasteiger partial charge in [0.25, 0.3) is 11.6 Å². The number of hydrogen-bond donors (Lipinski definition) is 0. The molecule has 126 valence electrons. The van der Waals surface area contributed by atoms with Crippen molar-refractivity contribution in [2.45, 2.75) is 9.79 Å². The van der Waals surface area contributed by atoms with Crippen LogP contribution in [0.4, 0.5) is 5.69 Å². The van der Waals surface area contributed by atoms with Crippen molar-refractivity contribution in [1.82, 2.24) is 4.90 Å². The molecule has 0 aliphatic heterocycles. The number of hydrogen-bond acceptors (Lipinski definition) is 5. The van der Waals surface area contributed by atoms with Crippen molar-refractivity contribution >= 4 is 39.3 Å². The second-order valence-electron chi connectivity index (χ2n) is 5.03. The Balaban J connectivity index is 2.50. The van der Waals surface area contributed by atoms with E-state index in [1.807, 2.05) is 0 Å². The first kappa shape index (κ1) is 18.3. The summed E-state index contributed by atoms with van der Waals surface area (Å²) in [5.41, 5.74) is 0.412. The number of carbonyl (C=O) groups is 1. The van der Waals surface area contributed by atoms with Gasteiger partial charge in [-0.2, -0.15) is 0 Å². The summed E-state index contributed by atoms with van der Waals surface area (Å²) in [4.78, 5) is 25.8. The van der Waals surface area contributed by atoms with Crippen LogP contribution in [0.15, 0.2) is 50.7 Å². The summed E-state index contributed by atoms with van der Waals surface area (Å²) < 4.78 is 5.80. The molecule has 2 rings (SSSR count). The number of rotatable bonds is 5. The molecule has 0 aliphatic carbocycles. The highest BCUT2D eigenvalue weighted by Crippen LogP contribution is 2.39.